The number of likely N-dealkylation sites (tertiary alicyclic amines) is 1. The number of carbonyl (C=O) groups is 1. The van der Waals surface area contributed by atoms with Gasteiger partial charge in [0.25, 0.3) is 5.91 Å². The summed E-state index contributed by atoms with van der Waals surface area (Å²) in [6, 6.07) is 3.50. The van der Waals surface area contributed by atoms with Crippen LogP contribution in [0.5, 0.6) is 0 Å². The van der Waals surface area contributed by atoms with Crippen LogP contribution in [0, 0.1) is 11.6 Å². The molecule has 0 spiro atoms. The molecule has 1 aliphatic rings. The van der Waals surface area contributed by atoms with Gasteiger partial charge in [-0.25, -0.2) is 13.8 Å². The Morgan fingerprint density at radius 3 is 2.56 bits per heavy atom. The number of rotatable bonds is 5. The molecule has 0 unspecified atom stereocenters. The first-order valence-electron chi connectivity index (χ1n) is 8.86. The normalized spacial score (nSPS) is 15.6. The van der Waals surface area contributed by atoms with Crippen molar-refractivity contribution in [2.75, 3.05) is 13.1 Å². The molecule has 0 N–H and O–H groups in total. The van der Waals surface area contributed by atoms with Crippen LogP contribution in [0.2, 0.25) is 0 Å². The summed E-state index contributed by atoms with van der Waals surface area (Å²) < 4.78 is 29.8. The minimum atomic E-state index is -0.803. The van der Waals surface area contributed by atoms with E-state index in [-0.39, 0.29) is 5.92 Å². The lowest BCUT2D eigenvalue weighted by molar-refractivity contribution is 0.0700. The van der Waals surface area contributed by atoms with Gasteiger partial charge in [-0.2, -0.15) is 0 Å². The molecule has 3 rings (SSSR count). The maximum atomic E-state index is 13.8. The molecule has 25 heavy (non-hydrogen) atoms. The maximum Gasteiger partial charge on any atom is 0.259 e. The summed E-state index contributed by atoms with van der Waals surface area (Å²) in [4.78, 5) is 18.5. The third-order valence-corrected chi connectivity index (χ3v) is 4.82. The summed E-state index contributed by atoms with van der Waals surface area (Å²) in [5.74, 6) is -0.841. The molecule has 0 atom stereocenters. The first-order valence-corrected chi connectivity index (χ1v) is 8.86. The topological polar surface area (TPSA) is 38.1 Å². The van der Waals surface area contributed by atoms with E-state index in [0.717, 1.165) is 50.2 Å². The van der Waals surface area contributed by atoms with Gasteiger partial charge in [-0.05, 0) is 31.4 Å². The zero-order valence-corrected chi connectivity index (χ0v) is 14.4. The van der Waals surface area contributed by atoms with Gasteiger partial charge in [0.15, 0.2) is 0 Å². The highest BCUT2D eigenvalue weighted by Gasteiger charge is 2.29. The van der Waals surface area contributed by atoms with Crippen molar-refractivity contribution < 1.29 is 13.6 Å². The highest BCUT2D eigenvalue weighted by atomic mass is 19.1. The lowest BCUT2D eigenvalue weighted by Crippen LogP contribution is -2.39. The molecule has 1 aromatic carbocycles. The number of benzene rings is 1. The van der Waals surface area contributed by atoms with Gasteiger partial charge in [-0.1, -0.05) is 19.4 Å². The zero-order chi connectivity index (χ0) is 17.8. The lowest BCUT2D eigenvalue weighted by Gasteiger charge is -2.32. The predicted octanol–water partition coefficient (Wildman–Crippen LogP) is 3.98. The van der Waals surface area contributed by atoms with Crippen LogP contribution in [0.3, 0.4) is 0 Å². The van der Waals surface area contributed by atoms with E-state index < -0.39 is 23.1 Å². The minimum absolute atomic E-state index is 0.279. The fraction of sp³-hybridized carbons (Fsp3) is 0.474. The van der Waals surface area contributed by atoms with E-state index in [1.807, 2.05) is 12.4 Å². The Hall–Kier alpha value is -2.24. The Morgan fingerprint density at radius 1 is 1.24 bits per heavy atom. The fourth-order valence-electron chi connectivity index (χ4n) is 3.40. The molecule has 6 heteroatoms. The fourth-order valence-corrected chi connectivity index (χ4v) is 3.40. The van der Waals surface area contributed by atoms with Crippen molar-refractivity contribution in [1.82, 2.24) is 14.5 Å². The predicted molar refractivity (Wildman–Crippen MR) is 91.4 cm³/mol. The van der Waals surface area contributed by atoms with Crippen LogP contribution in [0.1, 0.15) is 54.7 Å². The number of aryl methyl sites for hydroxylation is 1. The molecule has 134 valence electrons. The molecule has 0 saturated carbocycles. The first kappa shape index (κ1) is 17.6. The van der Waals surface area contributed by atoms with Crippen LogP contribution in [0.4, 0.5) is 8.78 Å². The van der Waals surface area contributed by atoms with Gasteiger partial charge in [0, 0.05) is 37.9 Å². The summed E-state index contributed by atoms with van der Waals surface area (Å²) in [7, 11) is 0. The van der Waals surface area contributed by atoms with Crippen LogP contribution >= 0.6 is 0 Å². The van der Waals surface area contributed by atoms with Crippen molar-refractivity contribution >= 4 is 5.91 Å². The van der Waals surface area contributed by atoms with Gasteiger partial charge in [-0.15, -0.1) is 0 Å². The van der Waals surface area contributed by atoms with Crippen molar-refractivity contribution in [2.45, 2.75) is 45.1 Å². The second kappa shape index (κ2) is 7.76. The zero-order valence-electron chi connectivity index (χ0n) is 14.4. The molecule has 4 nitrogen and oxygen atoms in total. The Morgan fingerprint density at radius 2 is 1.92 bits per heavy atom. The van der Waals surface area contributed by atoms with E-state index in [9.17, 15) is 13.6 Å². The monoisotopic (exact) mass is 347 g/mol. The summed E-state index contributed by atoms with van der Waals surface area (Å²) in [5, 5.41) is 0. The molecule has 1 amide bonds. The van der Waals surface area contributed by atoms with Crippen molar-refractivity contribution in [3.05, 3.63) is 53.6 Å². The number of imidazole rings is 1. The van der Waals surface area contributed by atoms with Crippen molar-refractivity contribution in [3.8, 4) is 0 Å². The molecule has 2 aromatic rings. The standard InChI is InChI=1S/C19H23F2N3O/c1-2-3-10-23-13-9-22-18(23)14-7-11-24(12-8-14)19(25)17-15(20)5-4-6-16(17)21/h4-6,9,13-14H,2-3,7-8,10-12H2,1H3. The minimum Gasteiger partial charge on any atom is -0.338 e. The number of nitrogens with zero attached hydrogens (tertiary/aromatic N) is 3. The average Bonchev–Trinajstić information content (AvgIpc) is 3.08. The Labute approximate surface area is 146 Å². The molecule has 0 aliphatic carbocycles. The van der Waals surface area contributed by atoms with Crippen molar-refractivity contribution in [1.29, 1.82) is 0 Å². The molecule has 0 bridgehead atoms. The summed E-state index contributed by atoms with van der Waals surface area (Å²) in [5.41, 5.74) is -0.453. The van der Waals surface area contributed by atoms with Crippen LogP contribution in [0.15, 0.2) is 30.6 Å². The average molecular weight is 347 g/mol. The summed E-state index contributed by atoms with van der Waals surface area (Å²) >= 11 is 0. The van der Waals surface area contributed by atoms with Crippen LogP contribution in [0.25, 0.3) is 0 Å². The highest BCUT2D eigenvalue weighted by molar-refractivity contribution is 5.94. The van der Waals surface area contributed by atoms with E-state index in [1.165, 1.54) is 11.0 Å². The first-order chi connectivity index (χ1) is 12.1. The molecule has 0 radical (unpaired) electrons. The molecule has 1 fully saturated rings. The Kier molecular flexibility index (Phi) is 5.46. The van der Waals surface area contributed by atoms with E-state index >= 15 is 0 Å². The molecule has 1 aliphatic heterocycles. The summed E-state index contributed by atoms with van der Waals surface area (Å²) in [6.07, 6.45) is 7.55. The third-order valence-electron chi connectivity index (χ3n) is 4.82. The molecule has 2 heterocycles. The molecule has 1 aromatic heterocycles. The largest absolute Gasteiger partial charge is 0.338 e. The number of piperidine rings is 1. The lowest BCUT2D eigenvalue weighted by atomic mass is 9.95. The van der Waals surface area contributed by atoms with Gasteiger partial charge >= 0.3 is 0 Å². The van der Waals surface area contributed by atoms with Crippen LogP contribution < -0.4 is 0 Å². The van der Waals surface area contributed by atoms with Crippen LogP contribution in [-0.4, -0.2) is 33.4 Å². The smallest absolute Gasteiger partial charge is 0.259 e. The van der Waals surface area contributed by atoms with Crippen molar-refractivity contribution in [3.63, 3.8) is 0 Å². The number of carbonyl (C=O) groups excluding carboxylic acids is 1. The number of unbranched alkanes of at least 4 members (excludes halogenated alkanes) is 1. The molecular weight excluding hydrogens is 324 g/mol. The van der Waals surface area contributed by atoms with Crippen LogP contribution in [-0.2, 0) is 6.54 Å². The number of halogens is 2. The SMILES string of the molecule is CCCCn1ccnc1C1CCN(C(=O)c2c(F)cccc2F)CC1. The van der Waals surface area contributed by atoms with E-state index in [4.69, 9.17) is 0 Å². The van der Waals surface area contributed by atoms with Crippen molar-refractivity contribution in [2.24, 2.45) is 0 Å². The number of hydrogen-bond donors (Lipinski definition) is 0. The van der Waals surface area contributed by atoms with Gasteiger partial charge in [0.05, 0.1) is 0 Å². The molecule has 1 saturated heterocycles. The molecular formula is C19H23F2N3O. The van der Waals surface area contributed by atoms with Gasteiger partial charge in [0.1, 0.15) is 23.0 Å². The number of aromatic nitrogens is 2. The Bertz CT molecular complexity index is 716. The summed E-state index contributed by atoms with van der Waals surface area (Å²) in [6.45, 7) is 4.07. The second-order valence-corrected chi connectivity index (χ2v) is 6.50. The number of hydrogen-bond acceptors (Lipinski definition) is 2. The van der Waals surface area contributed by atoms with Gasteiger partial charge in [0.2, 0.25) is 0 Å². The quantitative estimate of drug-likeness (QED) is 0.820. The maximum absolute atomic E-state index is 13.8. The second-order valence-electron chi connectivity index (χ2n) is 6.50. The van der Waals surface area contributed by atoms with E-state index in [1.54, 1.807) is 0 Å². The number of amides is 1. The van der Waals surface area contributed by atoms with E-state index in [2.05, 4.69) is 16.5 Å². The third kappa shape index (κ3) is 3.72. The van der Waals surface area contributed by atoms with E-state index in [0.29, 0.717) is 13.1 Å². The highest BCUT2D eigenvalue weighted by Crippen LogP contribution is 2.28. The van der Waals surface area contributed by atoms with Gasteiger partial charge < -0.3 is 9.47 Å². The Balaban J connectivity index is 1.66. The van der Waals surface area contributed by atoms with Gasteiger partial charge in [-0.3, -0.25) is 4.79 Å².